The summed E-state index contributed by atoms with van der Waals surface area (Å²) < 4.78 is 24.1. The molecule has 0 saturated heterocycles. The van der Waals surface area contributed by atoms with Crippen molar-refractivity contribution in [2.24, 2.45) is 0 Å². The zero-order valence-electron chi connectivity index (χ0n) is 8.22. The highest BCUT2D eigenvalue weighted by Gasteiger charge is 2.28. The Labute approximate surface area is 91.7 Å². The maximum Gasteiger partial charge on any atom is 0.281 e. The van der Waals surface area contributed by atoms with Gasteiger partial charge in [-0.15, -0.1) is 0 Å². The summed E-state index contributed by atoms with van der Waals surface area (Å²) in [5.74, 6) is -1.23. The fourth-order valence-electron chi connectivity index (χ4n) is 1.40. The van der Waals surface area contributed by atoms with Crippen molar-refractivity contribution in [3.63, 3.8) is 0 Å². The number of carbonyl (C=O) groups excluding carboxylic acids is 2. The number of hydrogen-bond acceptors (Lipinski definition) is 4. The number of hydrogen-bond donors (Lipinski definition) is 1. The van der Waals surface area contributed by atoms with Crippen LogP contribution in [0.1, 0.15) is 20.7 Å². The van der Waals surface area contributed by atoms with Crippen molar-refractivity contribution in [2.45, 2.75) is 0 Å². The lowest BCUT2D eigenvalue weighted by molar-refractivity contribution is 0.0873. The molecular formula is C9H7N2O4S. The van der Waals surface area contributed by atoms with E-state index in [4.69, 9.17) is 0 Å². The minimum Gasteiger partial charge on any atom is -0.284 e. The van der Waals surface area contributed by atoms with Crippen LogP contribution in [0.2, 0.25) is 0 Å². The zero-order valence-corrected chi connectivity index (χ0v) is 9.04. The average Bonchev–Trinajstić information content (AvgIpc) is 2.40. The van der Waals surface area contributed by atoms with Gasteiger partial charge in [0, 0.05) is 5.69 Å². The molecule has 0 unspecified atom stereocenters. The largest absolute Gasteiger partial charge is 0.284 e. The molecule has 0 atom stereocenters. The summed E-state index contributed by atoms with van der Waals surface area (Å²) in [6, 6.07) is 4.08. The van der Waals surface area contributed by atoms with E-state index in [9.17, 15) is 18.0 Å². The lowest BCUT2D eigenvalue weighted by atomic mass is 10.1. The first kappa shape index (κ1) is 10.6. The smallest absolute Gasteiger partial charge is 0.281 e. The van der Waals surface area contributed by atoms with Crippen LogP contribution in [0.4, 0.5) is 5.69 Å². The van der Waals surface area contributed by atoms with Gasteiger partial charge in [0.15, 0.2) is 0 Å². The van der Waals surface area contributed by atoms with E-state index in [0.29, 0.717) is 0 Å². The van der Waals surface area contributed by atoms with Crippen LogP contribution in [0.15, 0.2) is 18.2 Å². The van der Waals surface area contributed by atoms with Crippen LogP contribution in [-0.4, -0.2) is 26.5 Å². The van der Waals surface area contributed by atoms with E-state index in [2.05, 4.69) is 10.0 Å². The van der Waals surface area contributed by atoms with E-state index < -0.39 is 21.8 Å². The van der Waals surface area contributed by atoms with Gasteiger partial charge in [-0.05, 0) is 18.2 Å². The fourth-order valence-corrected chi connectivity index (χ4v) is 1.95. The Bertz CT molecular complexity index is 592. The number of fused-ring (bicyclic) bond motifs is 1. The second-order valence-corrected chi connectivity index (χ2v) is 5.11. The van der Waals surface area contributed by atoms with Crippen molar-refractivity contribution in [1.29, 1.82) is 0 Å². The Morgan fingerprint density at radius 3 is 2.38 bits per heavy atom. The van der Waals surface area contributed by atoms with E-state index in [1.165, 1.54) is 18.2 Å². The maximum atomic E-state index is 11.2. The van der Waals surface area contributed by atoms with Crippen LogP contribution in [0, 0.1) is 0 Å². The number of nitrogens with one attached hydrogen (secondary N) is 1. The number of sulfonamides is 1. The molecule has 1 radical (unpaired) electrons. The first-order chi connectivity index (χ1) is 7.37. The first-order valence-electron chi connectivity index (χ1n) is 4.29. The predicted molar refractivity (Wildman–Crippen MR) is 55.7 cm³/mol. The lowest BCUT2D eigenvalue weighted by Gasteiger charge is -2.04. The predicted octanol–water partition coefficient (Wildman–Crippen LogP) is -0.0435. The Hall–Kier alpha value is -1.89. The molecule has 1 aromatic carbocycles. The summed E-state index contributed by atoms with van der Waals surface area (Å²) >= 11 is 0. The molecule has 2 rings (SSSR count). The van der Waals surface area contributed by atoms with Crippen LogP contribution in [-0.2, 0) is 10.0 Å². The van der Waals surface area contributed by atoms with Gasteiger partial charge in [-0.3, -0.25) is 14.3 Å². The van der Waals surface area contributed by atoms with Crippen molar-refractivity contribution in [2.75, 3.05) is 11.0 Å². The van der Waals surface area contributed by atoms with Crippen LogP contribution in [0.25, 0.3) is 0 Å². The zero-order chi connectivity index (χ0) is 11.9. The first-order valence-corrected chi connectivity index (χ1v) is 6.18. The second kappa shape index (κ2) is 3.31. The van der Waals surface area contributed by atoms with Crippen LogP contribution < -0.4 is 10.0 Å². The SMILES string of the molecule is CS(=O)(=O)Nc1ccc2c(c1)C(=O)[N]C2=O. The molecule has 6 nitrogen and oxygen atoms in total. The summed E-state index contributed by atoms with van der Waals surface area (Å²) in [4.78, 5) is 22.4. The summed E-state index contributed by atoms with van der Waals surface area (Å²) in [5.41, 5.74) is 0.558. The Kier molecular flexibility index (Phi) is 2.20. The molecule has 1 heterocycles. The Balaban J connectivity index is 2.45. The summed E-state index contributed by atoms with van der Waals surface area (Å²) in [7, 11) is -3.40. The number of nitrogens with zero attached hydrogens (tertiary/aromatic N) is 1. The number of anilines is 1. The molecule has 0 spiro atoms. The topological polar surface area (TPSA) is 94.4 Å². The normalized spacial score (nSPS) is 14.6. The number of rotatable bonds is 2. The quantitative estimate of drug-likeness (QED) is 0.732. The van der Waals surface area contributed by atoms with Crippen molar-refractivity contribution in [3.8, 4) is 0 Å². The highest BCUT2D eigenvalue weighted by Crippen LogP contribution is 2.21. The van der Waals surface area contributed by atoms with Crippen LogP contribution in [0.5, 0.6) is 0 Å². The van der Waals surface area contributed by atoms with Gasteiger partial charge in [-0.2, -0.15) is 5.32 Å². The van der Waals surface area contributed by atoms with Crippen molar-refractivity contribution in [1.82, 2.24) is 5.32 Å². The maximum absolute atomic E-state index is 11.2. The monoisotopic (exact) mass is 239 g/mol. The molecule has 16 heavy (non-hydrogen) atoms. The van der Waals surface area contributed by atoms with E-state index in [1.54, 1.807) is 0 Å². The van der Waals surface area contributed by atoms with Gasteiger partial charge in [0.05, 0.1) is 17.4 Å². The number of amides is 2. The third-order valence-corrected chi connectivity index (χ3v) is 2.59. The summed E-state index contributed by atoms with van der Waals surface area (Å²) in [6.45, 7) is 0. The molecule has 0 fully saturated rings. The standard InChI is InChI=1S/C9H7N2O4S/c1-16(14,15)11-5-2-3-6-7(4-5)9(13)10-8(6)12/h2-4,11H,1H3. The van der Waals surface area contributed by atoms with Gasteiger partial charge in [-0.1, -0.05) is 0 Å². The van der Waals surface area contributed by atoms with Crippen molar-refractivity contribution >= 4 is 27.5 Å². The van der Waals surface area contributed by atoms with Gasteiger partial charge in [0.25, 0.3) is 11.8 Å². The van der Waals surface area contributed by atoms with Gasteiger partial charge in [0.1, 0.15) is 0 Å². The molecule has 1 aliphatic heterocycles. The van der Waals surface area contributed by atoms with E-state index in [1.807, 2.05) is 0 Å². The van der Waals surface area contributed by atoms with Gasteiger partial charge in [0.2, 0.25) is 10.0 Å². The van der Waals surface area contributed by atoms with Crippen molar-refractivity contribution < 1.29 is 18.0 Å². The molecule has 83 valence electrons. The third-order valence-electron chi connectivity index (χ3n) is 1.99. The number of imide groups is 1. The fraction of sp³-hybridized carbons (Fsp3) is 0.111. The molecule has 0 aromatic heterocycles. The average molecular weight is 239 g/mol. The van der Waals surface area contributed by atoms with E-state index >= 15 is 0 Å². The molecule has 1 aliphatic rings. The molecule has 2 amide bonds. The van der Waals surface area contributed by atoms with Crippen molar-refractivity contribution in [3.05, 3.63) is 29.3 Å². The van der Waals surface area contributed by atoms with Gasteiger partial charge in [-0.25, -0.2) is 8.42 Å². The van der Waals surface area contributed by atoms with Crippen LogP contribution in [0.3, 0.4) is 0 Å². The van der Waals surface area contributed by atoms with Crippen LogP contribution >= 0.6 is 0 Å². The Morgan fingerprint density at radius 2 is 1.75 bits per heavy atom. The summed E-state index contributed by atoms with van der Waals surface area (Å²) in [6.07, 6.45) is 0.998. The van der Waals surface area contributed by atoms with Gasteiger partial charge >= 0.3 is 0 Å². The third kappa shape index (κ3) is 1.89. The lowest BCUT2D eigenvalue weighted by Crippen LogP contribution is -2.11. The minimum atomic E-state index is -3.40. The second-order valence-electron chi connectivity index (χ2n) is 3.36. The van der Waals surface area contributed by atoms with E-state index in [0.717, 1.165) is 6.26 Å². The molecule has 0 saturated carbocycles. The van der Waals surface area contributed by atoms with E-state index in [-0.39, 0.29) is 16.8 Å². The number of benzene rings is 1. The molecule has 1 N–H and O–H groups in total. The minimum absolute atomic E-state index is 0.124. The Morgan fingerprint density at radius 1 is 1.12 bits per heavy atom. The summed E-state index contributed by atoms with van der Waals surface area (Å²) in [5, 5.41) is 3.24. The van der Waals surface area contributed by atoms with Gasteiger partial charge < -0.3 is 0 Å². The highest BCUT2D eigenvalue weighted by atomic mass is 32.2. The molecule has 1 aromatic rings. The molecule has 0 aliphatic carbocycles. The molecule has 7 heteroatoms. The molecule has 0 bridgehead atoms. The molecular weight excluding hydrogens is 232 g/mol. The number of carbonyl (C=O) groups is 2. The highest BCUT2D eigenvalue weighted by molar-refractivity contribution is 7.92.